The smallest absolute Gasteiger partial charge is 0.305 e. The van der Waals surface area contributed by atoms with E-state index in [-0.39, 0.29) is 17.9 Å². The van der Waals surface area contributed by atoms with Crippen molar-refractivity contribution in [1.29, 1.82) is 0 Å². The Morgan fingerprint density at radius 2 is 2.14 bits per heavy atom. The van der Waals surface area contributed by atoms with Gasteiger partial charge in [0.05, 0.1) is 7.11 Å². The van der Waals surface area contributed by atoms with Crippen molar-refractivity contribution in [3.63, 3.8) is 0 Å². The number of ether oxygens (including phenoxy) is 1. The van der Waals surface area contributed by atoms with Gasteiger partial charge in [-0.15, -0.1) is 0 Å². The first-order valence-electron chi connectivity index (χ1n) is 5.14. The number of methoxy groups -OCH3 is 1. The Morgan fingerprint density at radius 3 is 2.79 bits per heavy atom. The molecule has 82 valence electrons. The van der Waals surface area contributed by atoms with E-state index in [1.54, 1.807) is 0 Å². The van der Waals surface area contributed by atoms with Gasteiger partial charge in [-0.05, 0) is 38.9 Å². The summed E-state index contributed by atoms with van der Waals surface area (Å²) in [7, 11) is 3.52. The fourth-order valence-corrected chi connectivity index (χ4v) is 1.87. The van der Waals surface area contributed by atoms with E-state index in [1.807, 2.05) is 0 Å². The van der Waals surface area contributed by atoms with Gasteiger partial charge in [-0.1, -0.05) is 0 Å². The minimum absolute atomic E-state index is 0.138. The molecule has 0 radical (unpaired) electrons. The normalized spacial score (nSPS) is 29.6. The molecule has 0 aromatic rings. The van der Waals surface area contributed by atoms with Crippen LogP contribution in [0, 0.1) is 5.92 Å². The van der Waals surface area contributed by atoms with Crippen molar-refractivity contribution in [2.45, 2.75) is 25.3 Å². The van der Waals surface area contributed by atoms with Crippen LogP contribution in [0.4, 0.5) is 0 Å². The maximum absolute atomic E-state index is 11.1. The second kappa shape index (κ2) is 5.32. The van der Waals surface area contributed by atoms with Crippen molar-refractivity contribution in [2.75, 3.05) is 27.2 Å². The summed E-state index contributed by atoms with van der Waals surface area (Å²) in [6.07, 6.45) is 2.43. The molecule has 0 aromatic heterocycles. The molecule has 1 fully saturated rings. The molecule has 2 N–H and O–H groups in total. The predicted octanol–water partition coefficient (Wildman–Crippen LogP) is 0.219. The third-order valence-electron chi connectivity index (χ3n) is 2.99. The van der Waals surface area contributed by atoms with Gasteiger partial charge in [0, 0.05) is 12.5 Å². The fourth-order valence-electron chi connectivity index (χ4n) is 1.87. The van der Waals surface area contributed by atoms with Gasteiger partial charge in [-0.3, -0.25) is 4.79 Å². The van der Waals surface area contributed by atoms with E-state index in [1.165, 1.54) is 7.11 Å². The molecule has 0 spiro atoms. The molecule has 0 aliphatic carbocycles. The van der Waals surface area contributed by atoms with E-state index in [2.05, 4.69) is 16.7 Å². The molecule has 2 atom stereocenters. The number of hydrogen-bond acceptors (Lipinski definition) is 4. The molecule has 1 aliphatic heterocycles. The van der Waals surface area contributed by atoms with Crippen molar-refractivity contribution >= 4 is 5.97 Å². The SMILES string of the molecule is COC(=O)CC1CCN(C)CCC1N. The summed E-state index contributed by atoms with van der Waals surface area (Å²) in [5.74, 6) is 0.141. The predicted molar refractivity (Wildman–Crippen MR) is 54.8 cm³/mol. The van der Waals surface area contributed by atoms with Gasteiger partial charge in [-0.2, -0.15) is 0 Å². The van der Waals surface area contributed by atoms with E-state index < -0.39 is 0 Å². The number of hydrogen-bond donors (Lipinski definition) is 1. The standard InChI is InChI=1S/C10H20N2O2/c1-12-5-3-8(7-10(13)14-2)9(11)4-6-12/h8-9H,3-7,11H2,1-2H3. The Morgan fingerprint density at radius 1 is 1.50 bits per heavy atom. The summed E-state index contributed by atoms with van der Waals surface area (Å²) in [6, 6.07) is 0.138. The Labute approximate surface area is 85.4 Å². The van der Waals surface area contributed by atoms with Crippen molar-refractivity contribution in [2.24, 2.45) is 11.7 Å². The van der Waals surface area contributed by atoms with E-state index in [0.29, 0.717) is 6.42 Å². The largest absolute Gasteiger partial charge is 0.469 e. The van der Waals surface area contributed by atoms with Crippen LogP contribution in [0.3, 0.4) is 0 Å². The van der Waals surface area contributed by atoms with E-state index in [9.17, 15) is 4.79 Å². The number of nitrogens with two attached hydrogens (primary N) is 1. The number of carbonyl (C=O) groups is 1. The third kappa shape index (κ3) is 3.27. The zero-order valence-electron chi connectivity index (χ0n) is 9.03. The molecule has 1 aliphatic rings. The fraction of sp³-hybridized carbons (Fsp3) is 0.900. The van der Waals surface area contributed by atoms with Crippen LogP contribution in [0.2, 0.25) is 0 Å². The van der Waals surface area contributed by atoms with Gasteiger partial charge in [0.1, 0.15) is 0 Å². The summed E-state index contributed by atoms with van der Waals surface area (Å²) in [6.45, 7) is 2.05. The van der Waals surface area contributed by atoms with Crippen molar-refractivity contribution < 1.29 is 9.53 Å². The van der Waals surface area contributed by atoms with Crippen LogP contribution < -0.4 is 5.73 Å². The van der Waals surface area contributed by atoms with Crippen LogP contribution in [0.25, 0.3) is 0 Å². The second-order valence-corrected chi connectivity index (χ2v) is 4.08. The number of esters is 1. The van der Waals surface area contributed by atoms with Crippen LogP contribution in [-0.2, 0) is 9.53 Å². The number of likely N-dealkylation sites (tertiary alicyclic amines) is 1. The van der Waals surface area contributed by atoms with Crippen LogP contribution in [0.15, 0.2) is 0 Å². The minimum atomic E-state index is -0.144. The average molecular weight is 200 g/mol. The average Bonchev–Trinajstić information content (AvgIpc) is 2.33. The summed E-state index contributed by atoms with van der Waals surface area (Å²) >= 11 is 0. The monoisotopic (exact) mass is 200 g/mol. The molecule has 0 aromatic carbocycles. The molecular formula is C10H20N2O2. The first kappa shape index (κ1) is 11.5. The molecule has 4 nitrogen and oxygen atoms in total. The van der Waals surface area contributed by atoms with Gasteiger partial charge in [0.25, 0.3) is 0 Å². The lowest BCUT2D eigenvalue weighted by Gasteiger charge is -2.19. The second-order valence-electron chi connectivity index (χ2n) is 4.08. The Balaban J connectivity index is 2.45. The zero-order chi connectivity index (χ0) is 10.6. The van der Waals surface area contributed by atoms with Crippen LogP contribution in [-0.4, -0.2) is 44.2 Å². The summed E-state index contributed by atoms with van der Waals surface area (Å²) in [4.78, 5) is 13.4. The third-order valence-corrected chi connectivity index (χ3v) is 2.99. The molecule has 1 heterocycles. The highest BCUT2D eigenvalue weighted by atomic mass is 16.5. The highest BCUT2D eigenvalue weighted by Gasteiger charge is 2.24. The molecule has 4 heteroatoms. The van der Waals surface area contributed by atoms with Crippen molar-refractivity contribution in [1.82, 2.24) is 4.90 Å². The zero-order valence-corrected chi connectivity index (χ0v) is 9.03. The molecule has 0 saturated carbocycles. The Kier molecular flexibility index (Phi) is 4.35. The van der Waals surface area contributed by atoms with Crippen molar-refractivity contribution in [3.8, 4) is 0 Å². The van der Waals surface area contributed by atoms with E-state index >= 15 is 0 Å². The molecule has 1 rings (SSSR count). The lowest BCUT2D eigenvalue weighted by Crippen LogP contribution is -2.31. The number of rotatable bonds is 2. The number of nitrogens with zero attached hydrogens (tertiary/aromatic N) is 1. The Bertz CT molecular complexity index is 197. The number of carbonyl (C=O) groups excluding carboxylic acids is 1. The molecule has 1 saturated heterocycles. The van der Waals surface area contributed by atoms with Crippen LogP contribution >= 0.6 is 0 Å². The van der Waals surface area contributed by atoms with Crippen LogP contribution in [0.1, 0.15) is 19.3 Å². The molecule has 14 heavy (non-hydrogen) atoms. The van der Waals surface area contributed by atoms with E-state index in [4.69, 9.17) is 5.73 Å². The topological polar surface area (TPSA) is 55.6 Å². The van der Waals surface area contributed by atoms with Gasteiger partial charge in [0.2, 0.25) is 0 Å². The van der Waals surface area contributed by atoms with Gasteiger partial charge in [-0.25, -0.2) is 0 Å². The van der Waals surface area contributed by atoms with Gasteiger partial charge >= 0.3 is 5.97 Å². The highest BCUT2D eigenvalue weighted by molar-refractivity contribution is 5.69. The quantitative estimate of drug-likeness (QED) is 0.648. The van der Waals surface area contributed by atoms with Gasteiger partial charge in [0.15, 0.2) is 0 Å². The van der Waals surface area contributed by atoms with Crippen LogP contribution in [0.5, 0.6) is 0 Å². The minimum Gasteiger partial charge on any atom is -0.469 e. The molecule has 0 amide bonds. The maximum atomic E-state index is 11.1. The first-order chi connectivity index (χ1) is 6.63. The lowest BCUT2D eigenvalue weighted by atomic mass is 9.92. The molecule has 2 unspecified atom stereocenters. The summed E-state index contributed by atoms with van der Waals surface area (Å²) in [5, 5.41) is 0. The summed E-state index contributed by atoms with van der Waals surface area (Å²) < 4.78 is 4.66. The summed E-state index contributed by atoms with van der Waals surface area (Å²) in [5.41, 5.74) is 6.01. The van der Waals surface area contributed by atoms with Crippen molar-refractivity contribution in [3.05, 3.63) is 0 Å². The van der Waals surface area contributed by atoms with Gasteiger partial charge < -0.3 is 15.4 Å². The lowest BCUT2D eigenvalue weighted by molar-refractivity contribution is -0.141. The highest BCUT2D eigenvalue weighted by Crippen LogP contribution is 2.19. The Hall–Kier alpha value is -0.610. The molecular weight excluding hydrogens is 180 g/mol. The molecule has 0 bridgehead atoms. The van der Waals surface area contributed by atoms with E-state index in [0.717, 1.165) is 25.9 Å². The maximum Gasteiger partial charge on any atom is 0.305 e. The first-order valence-corrected chi connectivity index (χ1v) is 5.14.